The Balaban J connectivity index is 1.78. The molecule has 4 rings (SSSR count). The number of nitrogens with two attached hydrogens (primary N) is 1. The van der Waals surface area contributed by atoms with Gasteiger partial charge in [-0.15, -0.1) is 9.44 Å². The Morgan fingerprint density at radius 3 is 3.04 bits per heavy atom. The number of thioether (sulfide) groups is 1. The predicted molar refractivity (Wildman–Crippen MR) is 91.9 cm³/mol. The van der Waals surface area contributed by atoms with Crippen LogP contribution in [-0.4, -0.2) is 19.6 Å². The number of aromatic nitrogens is 3. The molecule has 134 valence electrons. The summed E-state index contributed by atoms with van der Waals surface area (Å²) in [6.45, 7) is 0. The molecule has 3 heterocycles. The van der Waals surface area contributed by atoms with E-state index in [0.717, 1.165) is 16.1 Å². The Bertz CT molecular complexity index is 1120. The van der Waals surface area contributed by atoms with E-state index < -0.39 is 14.0 Å². The van der Waals surface area contributed by atoms with E-state index in [1.54, 1.807) is 11.5 Å². The molecule has 1 aliphatic heterocycles. The molecule has 26 heavy (non-hydrogen) atoms. The maximum absolute atomic E-state index is 14.2. The first kappa shape index (κ1) is 16.8. The zero-order valence-electron chi connectivity index (χ0n) is 13.0. The molecule has 2 aromatic heterocycles. The highest BCUT2D eigenvalue weighted by atomic mass is 32.2. The van der Waals surface area contributed by atoms with Gasteiger partial charge in [-0.2, -0.15) is 0 Å². The molecule has 0 spiro atoms. The van der Waals surface area contributed by atoms with E-state index in [2.05, 4.69) is 15.5 Å². The summed E-state index contributed by atoms with van der Waals surface area (Å²) in [6, 6.07) is -0.0969. The van der Waals surface area contributed by atoms with Crippen molar-refractivity contribution in [3.05, 3.63) is 38.7 Å². The lowest BCUT2D eigenvalue weighted by atomic mass is 10.1. The maximum Gasteiger partial charge on any atom is 0.444 e. The van der Waals surface area contributed by atoms with Gasteiger partial charge in [0.05, 0.1) is 6.20 Å². The molecular weight excluding hydrogens is 384 g/mol. The van der Waals surface area contributed by atoms with E-state index in [-0.39, 0.29) is 35.0 Å². The zero-order valence-corrected chi connectivity index (χ0v) is 14.7. The minimum Gasteiger partial charge on any atom is -0.573 e. The molecule has 4 N–H and O–H groups in total. The number of hydrogen-bond acceptors (Lipinski definition) is 9. The monoisotopic (exact) mass is 395 g/mol. The van der Waals surface area contributed by atoms with Crippen molar-refractivity contribution in [2.24, 2.45) is 0 Å². The third kappa shape index (κ3) is 2.70. The Hall–Kier alpha value is -2.62. The summed E-state index contributed by atoms with van der Waals surface area (Å²) in [6.07, 6.45) is 3.44. The molecule has 9 nitrogen and oxygen atoms in total. The summed E-state index contributed by atoms with van der Waals surface area (Å²) in [5, 5.41) is 23.1. The second kappa shape index (κ2) is 6.27. The molecule has 1 unspecified atom stereocenters. The van der Waals surface area contributed by atoms with Gasteiger partial charge in [-0.3, -0.25) is 0 Å². The van der Waals surface area contributed by atoms with Gasteiger partial charge < -0.3 is 25.5 Å². The lowest BCUT2D eigenvalue weighted by Gasteiger charge is -2.05. The lowest BCUT2D eigenvalue weighted by molar-refractivity contribution is -0.167. The van der Waals surface area contributed by atoms with Crippen LogP contribution in [0, 0.1) is 0 Å². The fourth-order valence-corrected chi connectivity index (χ4v) is 4.12. The molecule has 0 saturated heterocycles. The largest absolute Gasteiger partial charge is 0.573 e. The van der Waals surface area contributed by atoms with Crippen molar-refractivity contribution in [2.45, 2.75) is 12.8 Å². The molecule has 2 aliphatic rings. The summed E-state index contributed by atoms with van der Waals surface area (Å²) in [5.41, 5.74) is 6.03. The first-order valence-corrected chi connectivity index (χ1v) is 9.38. The SMILES string of the molecule is Nc1nnc(C2=CSC(=C(O)c3cn([P+](=O)[O-])c4c3=CCCC=4F)N2)o1. The molecule has 0 bridgehead atoms. The maximum atomic E-state index is 14.2. The van der Waals surface area contributed by atoms with Crippen LogP contribution in [0.2, 0.25) is 0 Å². The highest BCUT2D eigenvalue weighted by Gasteiger charge is 2.25. The van der Waals surface area contributed by atoms with Crippen LogP contribution in [0.3, 0.4) is 0 Å². The Morgan fingerprint density at radius 2 is 2.35 bits per heavy atom. The molecular formula is C14H11FN5O4PS. The molecule has 0 aromatic carbocycles. The van der Waals surface area contributed by atoms with Crippen LogP contribution in [-0.2, 0) is 4.57 Å². The van der Waals surface area contributed by atoms with E-state index in [4.69, 9.17) is 10.2 Å². The minimum atomic E-state index is -3.08. The summed E-state index contributed by atoms with van der Waals surface area (Å²) in [7, 11) is -3.08. The second-order valence-electron chi connectivity index (χ2n) is 5.43. The van der Waals surface area contributed by atoms with Gasteiger partial charge >= 0.3 is 14.2 Å². The molecule has 2 aromatic rings. The first-order chi connectivity index (χ1) is 12.5. The van der Waals surface area contributed by atoms with Gasteiger partial charge in [0.15, 0.2) is 5.76 Å². The van der Waals surface area contributed by atoms with Gasteiger partial charge in [0, 0.05) is 22.6 Å². The van der Waals surface area contributed by atoms with Crippen molar-refractivity contribution in [3.8, 4) is 0 Å². The van der Waals surface area contributed by atoms with Gasteiger partial charge in [0.25, 0.3) is 5.89 Å². The molecule has 1 aliphatic carbocycles. The van der Waals surface area contributed by atoms with E-state index in [0.29, 0.717) is 22.4 Å². The lowest BCUT2D eigenvalue weighted by Crippen LogP contribution is -2.33. The number of nitrogens with zero attached hydrogens (tertiary/aromatic N) is 3. The van der Waals surface area contributed by atoms with E-state index in [9.17, 15) is 19.0 Å². The smallest absolute Gasteiger partial charge is 0.444 e. The van der Waals surface area contributed by atoms with Crippen molar-refractivity contribution >= 4 is 49.3 Å². The molecule has 0 radical (unpaired) electrons. The Kier molecular flexibility index (Phi) is 4.06. The summed E-state index contributed by atoms with van der Waals surface area (Å²) in [5.74, 6) is -0.601. The number of halogens is 1. The molecule has 0 amide bonds. The van der Waals surface area contributed by atoms with Crippen molar-refractivity contribution in [2.75, 3.05) is 5.73 Å². The number of rotatable bonds is 3. The number of anilines is 1. The fraction of sp³-hybridized carbons (Fsp3) is 0.143. The van der Waals surface area contributed by atoms with Crippen LogP contribution in [0.4, 0.5) is 10.4 Å². The molecule has 1 atom stereocenters. The molecule has 12 heteroatoms. The number of fused-ring (bicyclic) bond motifs is 1. The number of aliphatic hydroxyl groups excluding tert-OH is 1. The zero-order chi connectivity index (χ0) is 18.4. The van der Waals surface area contributed by atoms with Crippen molar-refractivity contribution in [3.63, 3.8) is 0 Å². The average Bonchev–Trinajstić information content (AvgIpc) is 3.31. The molecule has 0 saturated carbocycles. The third-order valence-corrected chi connectivity index (χ3v) is 5.41. The van der Waals surface area contributed by atoms with Gasteiger partial charge in [-0.25, -0.2) is 4.39 Å². The highest BCUT2D eigenvalue weighted by Crippen LogP contribution is 2.33. The number of aliphatic hydroxyl groups is 1. The Morgan fingerprint density at radius 1 is 1.54 bits per heavy atom. The summed E-state index contributed by atoms with van der Waals surface area (Å²) >= 11 is 1.14. The van der Waals surface area contributed by atoms with Crippen LogP contribution < -0.4 is 26.5 Å². The van der Waals surface area contributed by atoms with Crippen LogP contribution in [0.15, 0.2) is 21.1 Å². The van der Waals surface area contributed by atoms with Gasteiger partial charge in [-0.1, -0.05) is 22.9 Å². The van der Waals surface area contributed by atoms with Gasteiger partial charge in [0.2, 0.25) is 0 Å². The highest BCUT2D eigenvalue weighted by molar-refractivity contribution is 8.06. The van der Waals surface area contributed by atoms with Crippen LogP contribution in [0.5, 0.6) is 0 Å². The van der Waals surface area contributed by atoms with Crippen LogP contribution >= 0.6 is 19.9 Å². The predicted octanol–water partition coefficient (Wildman–Crippen LogP) is 0.490. The first-order valence-electron chi connectivity index (χ1n) is 7.37. The summed E-state index contributed by atoms with van der Waals surface area (Å²) in [4.78, 5) is 11.5. The van der Waals surface area contributed by atoms with E-state index >= 15 is 0 Å². The van der Waals surface area contributed by atoms with Gasteiger partial charge in [0.1, 0.15) is 21.9 Å². The quantitative estimate of drug-likeness (QED) is 0.500. The second-order valence-corrected chi connectivity index (χ2v) is 7.22. The minimum absolute atomic E-state index is 0.0460. The number of nitrogen functional groups attached to an aromatic ring is 1. The van der Waals surface area contributed by atoms with Gasteiger partial charge in [-0.05, 0) is 11.0 Å². The third-order valence-electron chi connectivity index (χ3n) is 3.86. The number of nitrogens with one attached hydrogen (secondary N) is 1. The van der Waals surface area contributed by atoms with Crippen LogP contribution in [0.1, 0.15) is 24.3 Å². The molecule has 0 fully saturated rings. The van der Waals surface area contributed by atoms with E-state index in [1.165, 1.54) is 6.20 Å². The topological polar surface area (TPSA) is 142 Å². The normalized spacial score (nSPS) is 18.8. The van der Waals surface area contributed by atoms with Crippen molar-refractivity contribution < 1.29 is 23.4 Å². The van der Waals surface area contributed by atoms with Crippen LogP contribution in [0.25, 0.3) is 23.4 Å². The van der Waals surface area contributed by atoms with E-state index in [1.807, 2.05) is 0 Å². The fourth-order valence-electron chi connectivity index (χ4n) is 2.75. The number of hydrogen-bond donors (Lipinski definition) is 3. The summed E-state index contributed by atoms with van der Waals surface area (Å²) < 4.78 is 31.5. The average molecular weight is 395 g/mol. The van der Waals surface area contributed by atoms with Crippen molar-refractivity contribution in [1.82, 2.24) is 19.9 Å². The van der Waals surface area contributed by atoms with Crippen molar-refractivity contribution in [1.29, 1.82) is 0 Å². The standard InChI is InChI=1S/C14H11FN5O4PS/c15-8-3-1-2-6-7(4-20(10(6)8)25(22)23)11(21)13-17-9(5-26-13)12-18-19-14(16)24-12/h2,4-5,17,21H,1,3H2,(H2,16,19). The Labute approximate surface area is 150 Å².